The van der Waals surface area contributed by atoms with Crippen molar-refractivity contribution >= 4 is 17.9 Å². The average Bonchev–Trinajstić information content (AvgIpc) is 1.97. The second-order valence-electron chi connectivity index (χ2n) is 2.57. The van der Waals surface area contributed by atoms with Gasteiger partial charge >= 0.3 is 69.3 Å². The Hall–Kier alpha value is 0.0464. The summed E-state index contributed by atoms with van der Waals surface area (Å²) in [5, 5.41) is 25.6. The molecule has 0 aromatic rings. The molecule has 0 aromatic heterocycles. The van der Waals surface area contributed by atoms with Gasteiger partial charge in [-0.2, -0.15) is 0 Å². The molecule has 0 aromatic carbocycles. The molecule has 0 saturated heterocycles. The van der Waals surface area contributed by atoms with Gasteiger partial charge in [-0.3, -0.25) is 14.4 Å². The Kier molecular flexibility index (Phi) is 7.67. The molecule has 6 nitrogen and oxygen atoms in total. The molecule has 0 bridgehead atoms. The van der Waals surface area contributed by atoms with Crippen LogP contribution in [-0.2, 0) is 14.4 Å². The van der Waals surface area contributed by atoms with E-state index in [4.69, 9.17) is 15.3 Å². The Bertz CT molecular complexity index is 218. The van der Waals surface area contributed by atoms with Gasteiger partial charge in [0, 0.05) is 0 Å². The summed E-state index contributed by atoms with van der Waals surface area (Å²) in [6, 6.07) is 0. The smallest absolute Gasteiger partial charge is 1.00 e. The molecule has 0 unspecified atom stereocenters. The maximum Gasteiger partial charge on any atom is 1.00 e. The van der Waals surface area contributed by atoms with Crippen molar-refractivity contribution in [2.24, 2.45) is 5.41 Å². The fraction of sp³-hybridized carbons (Fsp3) is 0.571. The van der Waals surface area contributed by atoms with Crippen molar-refractivity contribution in [2.45, 2.75) is 19.8 Å². The number of carboxylic acid groups (broad SMARTS) is 3. The Labute approximate surface area is 124 Å². The van der Waals surface area contributed by atoms with E-state index in [0.29, 0.717) is 0 Å². The summed E-state index contributed by atoms with van der Waals surface area (Å²) >= 11 is 0. The Morgan fingerprint density at radius 2 is 1.36 bits per heavy atom. The van der Waals surface area contributed by atoms with Gasteiger partial charge in [-0.05, 0) is 6.42 Å². The molecule has 0 rings (SSSR count). The van der Waals surface area contributed by atoms with Crippen LogP contribution in [0, 0.1) is 5.41 Å². The van der Waals surface area contributed by atoms with Crippen molar-refractivity contribution in [1.29, 1.82) is 0 Å². The number of aliphatic carboxylic acids is 3. The predicted octanol–water partition coefficient (Wildman–Crippen LogP) is -2.86. The number of carboxylic acids is 3. The van der Waals surface area contributed by atoms with Crippen LogP contribution in [0.15, 0.2) is 0 Å². The maximum absolute atomic E-state index is 10.5. The van der Waals surface area contributed by atoms with E-state index in [9.17, 15) is 14.4 Å². The van der Waals surface area contributed by atoms with E-state index in [1.165, 1.54) is 6.92 Å². The van der Waals surface area contributed by atoms with Crippen LogP contribution < -0.4 is 51.4 Å². The van der Waals surface area contributed by atoms with Crippen molar-refractivity contribution < 1.29 is 82.5 Å². The fourth-order valence-corrected chi connectivity index (χ4v) is 0.970. The standard InChI is InChI=1S/C7H10O6.K.H/c1-2-3-7(4(8)9,5(10)11)6(12)13;;/h2-3H2,1H3,(H,8,9)(H,10,11)(H,12,13);;/q;+1;-1. The summed E-state index contributed by atoms with van der Waals surface area (Å²) in [7, 11) is 0. The van der Waals surface area contributed by atoms with Gasteiger partial charge in [0.1, 0.15) is 0 Å². The van der Waals surface area contributed by atoms with Gasteiger partial charge in [0.25, 0.3) is 5.41 Å². The van der Waals surface area contributed by atoms with Gasteiger partial charge in [0.15, 0.2) is 0 Å². The van der Waals surface area contributed by atoms with Gasteiger partial charge < -0.3 is 16.7 Å². The number of hydrogen-bond acceptors (Lipinski definition) is 3. The summed E-state index contributed by atoms with van der Waals surface area (Å²) in [5.41, 5.74) is -2.70. The van der Waals surface area contributed by atoms with Crippen molar-refractivity contribution in [1.82, 2.24) is 0 Å². The minimum Gasteiger partial charge on any atom is -1.00 e. The van der Waals surface area contributed by atoms with Gasteiger partial charge in [-0.1, -0.05) is 13.3 Å². The first-order valence-electron chi connectivity index (χ1n) is 3.59. The van der Waals surface area contributed by atoms with Crippen LogP contribution in [0.3, 0.4) is 0 Å². The van der Waals surface area contributed by atoms with Gasteiger partial charge in [-0.25, -0.2) is 0 Å². The Balaban J connectivity index is -0.000000720. The van der Waals surface area contributed by atoms with Crippen LogP contribution in [0.4, 0.5) is 0 Å². The normalized spacial score (nSPS) is 10.1. The van der Waals surface area contributed by atoms with Gasteiger partial charge in [-0.15, -0.1) is 0 Å². The van der Waals surface area contributed by atoms with Crippen LogP contribution in [0.2, 0.25) is 0 Å². The number of rotatable bonds is 5. The molecule has 0 radical (unpaired) electrons. The van der Waals surface area contributed by atoms with Gasteiger partial charge in [0.2, 0.25) is 0 Å². The summed E-state index contributed by atoms with van der Waals surface area (Å²) in [4.78, 5) is 31.6. The molecule has 0 amide bonds. The zero-order valence-corrected chi connectivity index (χ0v) is 11.1. The van der Waals surface area contributed by atoms with Crippen LogP contribution in [0.5, 0.6) is 0 Å². The fourth-order valence-electron chi connectivity index (χ4n) is 0.970. The van der Waals surface area contributed by atoms with Crippen molar-refractivity contribution in [2.75, 3.05) is 0 Å². The number of carbonyl (C=O) groups is 3. The molecule has 0 aliphatic heterocycles. The predicted molar refractivity (Wildman–Crippen MR) is 41.4 cm³/mol. The zero-order valence-electron chi connectivity index (χ0n) is 8.98. The third-order valence-corrected chi connectivity index (χ3v) is 1.72. The largest absolute Gasteiger partial charge is 1.00 e. The molecule has 3 N–H and O–H groups in total. The minimum atomic E-state index is -2.70. The topological polar surface area (TPSA) is 112 Å². The van der Waals surface area contributed by atoms with E-state index in [-0.39, 0.29) is 59.2 Å². The summed E-state index contributed by atoms with van der Waals surface area (Å²) < 4.78 is 0. The first-order valence-corrected chi connectivity index (χ1v) is 3.59. The van der Waals surface area contributed by atoms with Crippen LogP contribution in [0.25, 0.3) is 0 Å². The molecule has 0 spiro atoms. The van der Waals surface area contributed by atoms with Gasteiger partial charge in [0.05, 0.1) is 0 Å². The first kappa shape index (κ1) is 16.5. The van der Waals surface area contributed by atoms with Crippen LogP contribution >= 0.6 is 0 Å². The van der Waals surface area contributed by atoms with E-state index in [1.54, 1.807) is 0 Å². The SMILES string of the molecule is CCCC(C(=O)O)(C(=O)O)C(=O)O.[H-].[K+]. The monoisotopic (exact) mass is 230 g/mol. The van der Waals surface area contributed by atoms with E-state index < -0.39 is 29.7 Å². The second-order valence-corrected chi connectivity index (χ2v) is 2.57. The summed E-state index contributed by atoms with van der Waals surface area (Å²) in [6.45, 7) is 1.52. The first-order chi connectivity index (χ1) is 5.89. The molecule has 0 aliphatic carbocycles. The van der Waals surface area contributed by atoms with E-state index >= 15 is 0 Å². The molecular weight excluding hydrogens is 219 g/mol. The Morgan fingerprint density at radius 1 is 1.07 bits per heavy atom. The van der Waals surface area contributed by atoms with E-state index in [1.807, 2.05) is 0 Å². The summed E-state index contributed by atoms with van der Waals surface area (Å²) in [6.07, 6.45) is -0.252. The third kappa shape index (κ3) is 3.02. The zero-order chi connectivity index (χ0) is 10.6. The molecule has 14 heavy (non-hydrogen) atoms. The average molecular weight is 230 g/mol. The third-order valence-electron chi connectivity index (χ3n) is 1.72. The summed E-state index contributed by atoms with van der Waals surface area (Å²) in [5.74, 6) is -5.52. The molecule has 0 atom stereocenters. The molecule has 0 saturated carbocycles. The molecular formula is C7H11KO6. The molecule has 0 aliphatic rings. The maximum atomic E-state index is 10.5. The minimum absolute atomic E-state index is 0. The van der Waals surface area contributed by atoms with Crippen molar-refractivity contribution in [3.63, 3.8) is 0 Å². The van der Waals surface area contributed by atoms with Crippen LogP contribution in [0.1, 0.15) is 21.2 Å². The van der Waals surface area contributed by atoms with E-state index in [0.717, 1.165) is 0 Å². The van der Waals surface area contributed by atoms with Crippen molar-refractivity contribution in [3.05, 3.63) is 0 Å². The van der Waals surface area contributed by atoms with Crippen LogP contribution in [-0.4, -0.2) is 33.2 Å². The number of hydrogen-bond donors (Lipinski definition) is 3. The molecule has 7 heteroatoms. The Morgan fingerprint density at radius 3 is 1.43 bits per heavy atom. The quantitative estimate of drug-likeness (QED) is 0.346. The molecule has 0 fully saturated rings. The van der Waals surface area contributed by atoms with Crippen molar-refractivity contribution in [3.8, 4) is 0 Å². The van der Waals surface area contributed by atoms with E-state index in [2.05, 4.69) is 0 Å². The molecule has 76 valence electrons. The molecule has 0 heterocycles. The second kappa shape index (κ2) is 6.52.